The van der Waals surface area contributed by atoms with Crippen LogP contribution in [0.25, 0.3) is 33.3 Å². The predicted octanol–water partition coefficient (Wildman–Crippen LogP) is 4.50. The van der Waals surface area contributed by atoms with Crippen LogP contribution in [0.15, 0.2) is 67.1 Å². The minimum atomic E-state index is -0.543. The molecule has 0 saturated carbocycles. The number of nitrogens with one attached hydrogen (secondary N) is 2. The van der Waals surface area contributed by atoms with Crippen LogP contribution in [0.3, 0.4) is 0 Å². The van der Waals surface area contributed by atoms with Gasteiger partial charge in [-0.15, -0.1) is 0 Å². The molecule has 3 heterocycles. The quantitative estimate of drug-likeness (QED) is 0.323. The summed E-state index contributed by atoms with van der Waals surface area (Å²) >= 11 is 0. The van der Waals surface area contributed by atoms with Gasteiger partial charge >= 0.3 is 0 Å². The van der Waals surface area contributed by atoms with Crippen molar-refractivity contribution in [3.63, 3.8) is 0 Å². The van der Waals surface area contributed by atoms with Crippen LogP contribution in [0.1, 0.15) is 0 Å². The summed E-state index contributed by atoms with van der Waals surface area (Å²) in [5.74, 6) is -0.165. The number of halogens is 1. The lowest BCUT2D eigenvalue weighted by Gasteiger charge is -2.10. The van der Waals surface area contributed by atoms with E-state index < -0.39 is 5.95 Å². The number of hydrogen-bond acceptors (Lipinski definition) is 5. The van der Waals surface area contributed by atoms with Gasteiger partial charge in [-0.05, 0) is 49.5 Å². The van der Waals surface area contributed by atoms with E-state index in [2.05, 4.69) is 20.3 Å². The first-order chi connectivity index (χ1) is 15.9. The van der Waals surface area contributed by atoms with Crippen LogP contribution in [0, 0.1) is 5.95 Å². The molecule has 2 N–H and O–H groups in total. The SMILES string of the molecule is COc1cc(NC(=O)/C=C/CN(C)C)cc(-c2cnc3[nH]cc(-c4ccnc(F)c4)c3c2)c1. The number of pyridine rings is 2. The molecular formula is C25H24FN5O2. The Balaban J connectivity index is 1.69. The highest BCUT2D eigenvalue weighted by Crippen LogP contribution is 2.33. The van der Waals surface area contributed by atoms with Gasteiger partial charge in [-0.2, -0.15) is 4.39 Å². The number of hydrogen-bond donors (Lipinski definition) is 2. The smallest absolute Gasteiger partial charge is 0.248 e. The minimum absolute atomic E-state index is 0.225. The van der Waals surface area contributed by atoms with E-state index in [1.54, 1.807) is 37.7 Å². The van der Waals surface area contributed by atoms with Crippen molar-refractivity contribution in [3.05, 3.63) is 73.1 Å². The Hall–Kier alpha value is -4.04. The number of aromatic nitrogens is 3. The number of carbonyl (C=O) groups excluding carboxylic acids is 1. The summed E-state index contributed by atoms with van der Waals surface area (Å²) < 4.78 is 19.1. The molecule has 0 atom stereocenters. The first kappa shape index (κ1) is 22.2. The van der Waals surface area contributed by atoms with E-state index in [9.17, 15) is 9.18 Å². The lowest BCUT2D eigenvalue weighted by molar-refractivity contribution is -0.111. The molecule has 1 aromatic carbocycles. The fourth-order valence-corrected chi connectivity index (χ4v) is 3.48. The third-order valence-electron chi connectivity index (χ3n) is 5.05. The molecule has 4 aromatic rings. The van der Waals surface area contributed by atoms with Crippen LogP contribution in [-0.4, -0.2) is 53.5 Å². The molecule has 0 aliphatic heterocycles. The number of carbonyl (C=O) groups is 1. The van der Waals surface area contributed by atoms with Crippen LogP contribution >= 0.6 is 0 Å². The maximum absolute atomic E-state index is 13.7. The van der Waals surface area contributed by atoms with E-state index in [4.69, 9.17) is 4.74 Å². The number of methoxy groups -OCH3 is 1. The van der Waals surface area contributed by atoms with Crippen molar-refractivity contribution in [2.75, 3.05) is 33.1 Å². The number of likely N-dealkylation sites (N-methyl/N-ethyl adjacent to an activating group) is 1. The summed E-state index contributed by atoms with van der Waals surface area (Å²) in [6.07, 6.45) is 8.28. The molecule has 3 aromatic heterocycles. The van der Waals surface area contributed by atoms with Crippen LogP contribution in [0.5, 0.6) is 5.75 Å². The second kappa shape index (κ2) is 9.62. The van der Waals surface area contributed by atoms with Crippen molar-refractivity contribution in [3.8, 4) is 28.0 Å². The van der Waals surface area contributed by atoms with Gasteiger partial charge in [0.1, 0.15) is 11.4 Å². The van der Waals surface area contributed by atoms with Crippen molar-refractivity contribution < 1.29 is 13.9 Å². The summed E-state index contributed by atoms with van der Waals surface area (Å²) in [7, 11) is 5.44. The van der Waals surface area contributed by atoms with Gasteiger partial charge in [-0.25, -0.2) is 9.97 Å². The van der Waals surface area contributed by atoms with E-state index in [0.29, 0.717) is 29.2 Å². The molecule has 0 spiro atoms. The summed E-state index contributed by atoms with van der Waals surface area (Å²) in [6, 6.07) is 10.6. The average molecular weight is 445 g/mol. The molecule has 0 saturated heterocycles. The Morgan fingerprint density at radius 3 is 2.76 bits per heavy atom. The molecule has 0 aliphatic carbocycles. The third-order valence-corrected chi connectivity index (χ3v) is 5.05. The Morgan fingerprint density at radius 2 is 2.00 bits per heavy atom. The Bertz CT molecular complexity index is 1330. The largest absolute Gasteiger partial charge is 0.497 e. The van der Waals surface area contributed by atoms with E-state index in [0.717, 1.165) is 22.1 Å². The molecule has 0 radical (unpaired) electrons. The molecule has 33 heavy (non-hydrogen) atoms. The van der Waals surface area contributed by atoms with Gasteiger partial charge in [-0.3, -0.25) is 4.79 Å². The van der Waals surface area contributed by atoms with Crippen LogP contribution in [0.4, 0.5) is 10.1 Å². The van der Waals surface area contributed by atoms with Gasteiger partial charge in [0.05, 0.1) is 7.11 Å². The summed E-state index contributed by atoms with van der Waals surface area (Å²) in [4.78, 5) is 25.5. The number of fused-ring (bicyclic) bond motifs is 1. The summed E-state index contributed by atoms with van der Waals surface area (Å²) in [5, 5.41) is 3.72. The maximum atomic E-state index is 13.7. The van der Waals surface area contributed by atoms with E-state index in [1.807, 2.05) is 37.2 Å². The molecule has 0 fully saturated rings. The van der Waals surface area contributed by atoms with Crippen molar-refractivity contribution >= 4 is 22.6 Å². The van der Waals surface area contributed by atoms with E-state index >= 15 is 0 Å². The predicted molar refractivity (Wildman–Crippen MR) is 128 cm³/mol. The fraction of sp³-hybridized carbons (Fsp3) is 0.160. The highest BCUT2D eigenvalue weighted by Gasteiger charge is 2.12. The Labute approximate surface area is 190 Å². The van der Waals surface area contributed by atoms with E-state index in [-0.39, 0.29) is 5.91 Å². The van der Waals surface area contributed by atoms with Crippen molar-refractivity contribution in [1.82, 2.24) is 19.9 Å². The zero-order valence-corrected chi connectivity index (χ0v) is 18.6. The molecular weight excluding hydrogens is 421 g/mol. The molecule has 1 amide bonds. The van der Waals surface area contributed by atoms with Crippen molar-refractivity contribution in [2.24, 2.45) is 0 Å². The lowest BCUT2D eigenvalue weighted by atomic mass is 10.0. The number of anilines is 1. The second-order valence-electron chi connectivity index (χ2n) is 7.79. The molecule has 8 heteroatoms. The van der Waals surface area contributed by atoms with Crippen LogP contribution < -0.4 is 10.1 Å². The third kappa shape index (κ3) is 5.24. The molecule has 4 rings (SSSR count). The second-order valence-corrected chi connectivity index (χ2v) is 7.79. The zero-order chi connectivity index (χ0) is 23.4. The number of amides is 1. The number of benzene rings is 1. The highest BCUT2D eigenvalue weighted by molar-refractivity contribution is 6.00. The maximum Gasteiger partial charge on any atom is 0.248 e. The van der Waals surface area contributed by atoms with Gasteiger partial charge < -0.3 is 19.9 Å². The first-order valence-electron chi connectivity index (χ1n) is 10.3. The molecule has 0 bridgehead atoms. The number of rotatable bonds is 7. The van der Waals surface area contributed by atoms with Gasteiger partial charge in [0, 0.05) is 65.5 Å². The minimum Gasteiger partial charge on any atom is -0.497 e. The number of H-pyrrole nitrogens is 1. The van der Waals surface area contributed by atoms with Gasteiger partial charge in [0.2, 0.25) is 11.9 Å². The standard InChI is InChI=1S/C25H24FN5O2/c1-31(2)8-4-5-24(32)30-19-9-17(10-20(13-19)33-3)18-11-21-22(15-29-25(21)28-14-18)16-6-7-27-23(26)12-16/h4-7,9-15H,8H2,1-3H3,(H,28,29)(H,30,32)/b5-4+. The van der Waals surface area contributed by atoms with Crippen molar-refractivity contribution in [2.45, 2.75) is 0 Å². The van der Waals surface area contributed by atoms with Crippen molar-refractivity contribution in [1.29, 1.82) is 0 Å². The van der Waals surface area contributed by atoms with Gasteiger partial charge in [-0.1, -0.05) is 6.08 Å². The number of ether oxygens (including phenoxy) is 1. The molecule has 7 nitrogen and oxygen atoms in total. The van der Waals surface area contributed by atoms with E-state index in [1.165, 1.54) is 18.3 Å². The lowest BCUT2D eigenvalue weighted by Crippen LogP contribution is -2.13. The molecule has 168 valence electrons. The van der Waals surface area contributed by atoms with Crippen LogP contribution in [0.2, 0.25) is 0 Å². The van der Waals surface area contributed by atoms with Gasteiger partial charge in [0.25, 0.3) is 0 Å². The Morgan fingerprint density at radius 1 is 1.15 bits per heavy atom. The normalized spacial score (nSPS) is 11.4. The first-order valence-corrected chi connectivity index (χ1v) is 10.3. The zero-order valence-electron chi connectivity index (χ0n) is 18.6. The highest BCUT2D eigenvalue weighted by atomic mass is 19.1. The summed E-state index contributed by atoms with van der Waals surface area (Å²) in [6.45, 7) is 0.669. The molecule has 0 aliphatic rings. The monoisotopic (exact) mass is 445 g/mol. The number of aromatic amines is 1. The summed E-state index contributed by atoms with van der Waals surface area (Å²) in [5.41, 5.74) is 4.47. The topological polar surface area (TPSA) is 83.1 Å². The fourth-order valence-electron chi connectivity index (χ4n) is 3.48. The Kier molecular flexibility index (Phi) is 6.46. The van der Waals surface area contributed by atoms with Gasteiger partial charge in [0.15, 0.2) is 0 Å². The average Bonchev–Trinajstić information content (AvgIpc) is 3.22. The van der Waals surface area contributed by atoms with Crippen LogP contribution in [-0.2, 0) is 4.79 Å². The molecule has 0 unspecified atom stereocenters. The number of nitrogens with zero attached hydrogens (tertiary/aromatic N) is 3.